The number of H-pyrrole nitrogens is 1. The van der Waals surface area contributed by atoms with Crippen molar-refractivity contribution < 1.29 is 9.53 Å². The first-order chi connectivity index (χ1) is 10.4. The summed E-state index contributed by atoms with van der Waals surface area (Å²) in [4.78, 5) is 14.8. The van der Waals surface area contributed by atoms with E-state index >= 15 is 0 Å². The van der Waals surface area contributed by atoms with Crippen LogP contribution in [0.1, 0.15) is 26.5 Å². The standard InChI is InChI=1S/C16H22ClN3O2/c1-16(2,3)22-15(21)19-9-8-18-10-13-14(17)11-6-4-5-7-12(11)20-13/h4-7,18,20H,8-10H2,1-3H3,(H,19,21). The van der Waals surface area contributed by atoms with Crippen molar-refractivity contribution in [2.45, 2.75) is 32.9 Å². The number of hydrogen-bond donors (Lipinski definition) is 3. The van der Waals surface area contributed by atoms with Crippen molar-refractivity contribution in [1.29, 1.82) is 0 Å². The molecular weight excluding hydrogens is 302 g/mol. The van der Waals surface area contributed by atoms with Gasteiger partial charge in [-0.1, -0.05) is 29.8 Å². The zero-order valence-corrected chi connectivity index (χ0v) is 13.9. The molecule has 6 heteroatoms. The van der Waals surface area contributed by atoms with Gasteiger partial charge in [-0.25, -0.2) is 4.79 Å². The number of carbonyl (C=O) groups is 1. The average Bonchev–Trinajstić information content (AvgIpc) is 2.74. The molecule has 1 amide bonds. The van der Waals surface area contributed by atoms with Crippen molar-refractivity contribution >= 4 is 28.6 Å². The molecule has 5 nitrogen and oxygen atoms in total. The van der Waals surface area contributed by atoms with E-state index in [1.807, 2.05) is 45.0 Å². The number of hydrogen-bond acceptors (Lipinski definition) is 3. The van der Waals surface area contributed by atoms with Crippen LogP contribution >= 0.6 is 11.6 Å². The van der Waals surface area contributed by atoms with E-state index in [4.69, 9.17) is 16.3 Å². The monoisotopic (exact) mass is 323 g/mol. The molecule has 2 rings (SSSR count). The molecule has 0 radical (unpaired) electrons. The number of halogens is 1. The summed E-state index contributed by atoms with van der Waals surface area (Å²) in [5.41, 5.74) is 1.49. The number of alkyl carbamates (subject to hydrolysis) is 1. The van der Waals surface area contributed by atoms with Gasteiger partial charge in [0.2, 0.25) is 0 Å². The summed E-state index contributed by atoms with van der Waals surface area (Å²) in [7, 11) is 0. The van der Waals surface area contributed by atoms with Gasteiger partial charge in [0, 0.05) is 36.2 Å². The molecule has 22 heavy (non-hydrogen) atoms. The third-order valence-corrected chi connectivity index (χ3v) is 3.42. The van der Waals surface area contributed by atoms with Crippen LogP contribution < -0.4 is 10.6 Å². The van der Waals surface area contributed by atoms with E-state index in [1.165, 1.54) is 0 Å². The van der Waals surface area contributed by atoms with Crippen LogP contribution in [0.25, 0.3) is 10.9 Å². The van der Waals surface area contributed by atoms with Gasteiger partial charge in [0.25, 0.3) is 0 Å². The number of amides is 1. The topological polar surface area (TPSA) is 66.2 Å². The summed E-state index contributed by atoms with van der Waals surface area (Å²) in [5, 5.41) is 7.70. The van der Waals surface area contributed by atoms with Gasteiger partial charge in [0.05, 0.1) is 5.02 Å². The summed E-state index contributed by atoms with van der Waals surface area (Å²) in [6.45, 7) is 7.25. The molecule has 2 aromatic rings. The fraction of sp³-hybridized carbons (Fsp3) is 0.438. The van der Waals surface area contributed by atoms with E-state index in [-0.39, 0.29) is 0 Å². The Balaban J connectivity index is 1.74. The fourth-order valence-electron chi connectivity index (χ4n) is 2.07. The molecule has 0 bridgehead atoms. The highest BCUT2D eigenvalue weighted by molar-refractivity contribution is 6.36. The van der Waals surface area contributed by atoms with Crippen LogP contribution in [0, 0.1) is 0 Å². The minimum absolute atomic E-state index is 0.405. The molecule has 0 saturated carbocycles. The predicted octanol–water partition coefficient (Wildman–Crippen LogP) is 3.44. The molecule has 1 aromatic carbocycles. The molecule has 0 atom stereocenters. The minimum Gasteiger partial charge on any atom is -0.444 e. The Morgan fingerprint density at radius 2 is 2.00 bits per heavy atom. The number of ether oxygens (including phenoxy) is 1. The SMILES string of the molecule is CC(C)(C)OC(=O)NCCNCc1[nH]c2ccccc2c1Cl. The van der Waals surface area contributed by atoms with Gasteiger partial charge in [-0.15, -0.1) is 0 Å². The van der Waals surface area contributed by atoms with Gasteiger partial charge < -0.3 is 20.4 Å². The Kier molecular flexibility index (Phi) is 5.32. The van der Waals surface area contributed by atoms with Gasteiger partial charge in [0.1, 0.15) is 5.60 Å². The Labute approximate surface area is 135 Å². The van der Waals surface area contributed by atoms with Gasteiger partial charge in [-0.2, -0.15) is 0 Å². The highest BCUT2D eigenvalue weighted by Crippen LogP contribution is 2.26. The molecule has 0 saturated heterocycles. The van der Waals surface area contributed by atoms with E-state index in [1.54, 1.807) is 0 Å². The van der Waals surface area contributed by atoms with Crippen LogP contribution in [0.3, 0.4) is 0 Å². The van der Waals surface area contributed by atoms with Gasteiger partial charge >= 0.3 is 6.09 Å². The number of para-hydroxylation sites is 1. The maximum atomic E-state index is 11.5. The second-order valence-corrected chi connectivity index (χ2v) is 6.45. The van der Waals surface area contributed by atoms with Crippen LogP contribution in [0.2, 0.25) is 5.02 Å². The minimum atomic E-state index is -0.477. The molecule has 1 heterocycles. The van der Waals surface area contributed by atoms with Crippen LogP contribution in [0.5, 0.6) is 0 Å². The quantitative estimate of drug-likeness (QED) is 0.738. The third-order valence-electron chi connectivity index (χ3n) is 2.99. The largest absolute Gasteiger partial charge is 0.444 e. The lowest BCUT2D eigenvalue weighted by atomic mass is 10.2. The number of carbonyl (C=O) groups excluding carboxylic acids is 1. The van der Waals surface area contributed by atoms with Crippen LogP contribution in [-0.2, 0) is 11.3 Å². The smallest absolute Gasteiger partial charge is 0.407 e. The number of aromatic amines is 1. The van der Waals surface area contributed by atoms with Crippen molar-refractivity contribution in [3.63, 3.8) is 0 Å². The fourth-order valence-corrected chi connectivity index (χ4v) is 2.34. The molecule has 3 N–H and O–H groups in total. The molecule has 0 fully saturated rings. The van der Waals surface area contributed by atoms with Crippen molar-refractivity contribution in [1.82, 2.24) is 15.6 Å². The Hall–Kier alpha value is -1.72. The lowest BCUT2D eigenvalue weighted by Crippen LogP contribution is -2.36. The molecule has 0 unspecified atom stereocenters. The summed E-state index contributed by atoms with van der Waals surface area (Å²) >= 11 is 6.33. The van der Waals surface area contributed by atoms with Crippen molar-refractivity contribution in [2.75, 3.05) is 13.1 Å². The van der Waals surface area contributed by atoms with Gasteiger partial charge in [0.15, 0.2) is 0 Å². The summed E-state index contributed by atoms with van der Waals surface area (Å²) in [5.74, 6) is 0. The first-order valence-electron chi connectivity index (χ1n) is 7.29. The highest BCUT2D eigenvalue weighted by atomic mass is 35.5. The van der Waals surface area contributed by atoms with Crippen LogP contribution in [0.4, 0.5) is 4.79 Å². The maximum Gasteiger partial charge on any atom is 0.407 e. The summed E-state index contributed by atoms with van der Waals surface area (Å²) < 4.78 is 5.16. The molecule has 0 aliphatic rings. The second kappa shape index (κ2) is 7.03. The zero-order valence-electron chi connectivity index (χ0n) is 13.1. The van der Waals surface area contributed by atoms with Gasteiger partial charge in [-0.3, -0.25) is 0 Å². The van der Waals surface area contributed by atoms with E-state index in [0.29, 0.717) is 19.6 Å². The molecule has 120 valence electrons. The lowest BCUT2D eigenvalue weighted by Gasteiger charge is -2.19. The normalized spacial score (nSPS) is 11.6. The predicted molar refractivity (Wildman–Crippen MR) is 89.3 cm³/mol. The van der Waals surface area contributed by atoms with E-state index in [9.17, 15) is 4.79 Å². The Morgan fingerprint density at radius 1 is 1.27 bits per heavy atom. The van der Waals surface area contributed by atoms with Crippen molar-refractivity contribution in [3.8, 4) is 0 Å². The lowest BCUT2D eigenvalue weighted by molar-refractivity contribution is 0.0528. The maximum absolute atomic E-state index is 11.5. The molecule has 0 aliphatic heterocycles. The highest BCUT2D eigenvalue weighted by Gasteiger charge is 2.15. The second-order valence-electron chi connectivity index (χ2n) is 6.07. The number of aromatic nitrogens is 1. The Bertz CT molecular complexity index is 646. The molecular formula is C16H22ClN3O2. The average molecular weight is 324 g/mol. The first kappa shape index (κ1) is 16.6. The zero-order chi connectivity index (χ0) is 16.2. The summed E-state index contributed by atoms with van der Waals surface area (Å²) in [6, 6.07) is 7.91. The van der Waals surface area contributed by atoms with Crippen LogP contribution in [0.15, 0.2) is 24.3 Å². The number of fused-ring (bicyclic) bond motifs is 1. The number of rotatable bonds is 5. The summed E-state index contributed by atoms with van der Waals surface area (Å²) in [6.07, 6.45) is -0.405. The molecule has 0 aliphatic carbocycles. The van der Waals surface area contributed by atoms with Crippen molar-refractivity contribution in [2.24, 2.45) is 0 Å². The number of nitrogens with one attached hydrogen (secondary N) is 3. The van der Waals surface area contributed by atoms with Crippen molar-refractivity contribution in [3.05, 3.63) is 35.0 Å². The number of benzene rings is 1. The third kappa shape index (κ3) is 4.64. The molecule has 1 aromatic heterocycles. The van der Waals surface area contributed by atoms with E-state index in [2.05, 4.69) is 15.6 Å². The Morgan fingerprint density at radius 3 is 2.68 bits per heavy atom. The first-order valence-corrected chi connectivity index (χ1v) is 7.67. The van der Waals surface area contributed by atoms with Gasteiger partial charge in [-0.05, 0) is 26.8 Å². The van der Waals surface area contributed by atoms with E-state index in [0.717, 1.165) is 21.6 Å². The van der Waals surface area contributed by atoms with E-state index < -0.39 is 11.7 Å². The van der Waals surface area contributed by atoms with Crippen LogP contribution in [-0.4, -0.2) is 29.8 Å². The molecule has 0 spiro atoms.